The summed E-state index contributed by atoms with van der Waals surface area (Å²) in [6.45, 7) is 0.277. The Balaban J connectivity index is 2.39. The van der Waals surface area contributed by atoms with Gasteiger partial charge in [-0.2, -0.15) is 0 Å². The summed E-state index contributed by atoms with van der Waals surface area (Å²) >= 11 is 0. The van der Waals surface area contributed by atoms with Gasteiger partial charge in [0, 0.05) is 18.7 Å². The van der Waals surface area contributed by atoms with Crippen LogP contribution in [0.1, 0.15) is 5.82 Å². The highest BCUT2D eigenvalue weighted by atomic mass is 16.5. The van der Waals surface area contributed by atoms with E-state index in [4.69, 9.17) is 9.47 Å². The van der Waals surface area contributed by atoms with Gasteiger partial charge < -0.3 is 14.5 Å². The maximum atomic E-state index is 11.5. The second kappa shape index (κ2) is 5.46. The van der Waals surface area contributed by atoms with Crippen LogP contribution in [0.15, 0.2) is 35.1 Å². The number of benzene rings is 1. The molecular formula is C13H14N2O3. The van der Waals surface area contributed by atoms with E-state index in [1.54, 1.807) is 14.2 Å². The van der Waals surface area contributed by atoms with E-state index in [1.807, 2.05) is 24.3 Å². The maximum absolute atomic E-state index is 11.5. The number of hydrogen-bond donors (Lipinski definition) is 1. The number of methoxy groups -OCH3 is 2. The first-order valence-electron chi connectivity index (χ1n) is 5.46. The van der Waals surface area contributed by atoms with Crippen LogP contribution in [0, 0.1) is 0 Å². The second-order valence-corrected chi connectivity index (χ2v) is 3.74. The molecule has 18 heavy (non-hydrogen) atoms. The Kier molecular flexibility index (Phi) is 3.74. The van der Waals surface area contributed by atoms with Crippen molar-refractivity contribution in [1.82, 2.24) is 9.97 Å². The monoisotopic (exact) mass is 246 g/mol. The summed E-state index contributed by atoms with van der Waals surface area (Å²) in [4.78, 5) is 18.5. The lowest BCUT2D eigenvalue weighted by Gasteiger charge is -2.05. The number of hydrogen-bond acceptors (Lipinski definition) is 4. The van der Waals surface area contributed by atoms with Crippen LogP contribution in [0.3, 0.4) is 0 Å². The number of H-pyrrole nitrogens is 1. The van der Waals surface area contributed by atoms with Crippen molar-refractivity contribution in [2.45, 2.75) is 6.61 Å². The first kappa shape index (κ1) is 12.3. The molecule has 0 aliphatic carbocycles. The van der Waals surface area contributed by atoms with Gasteiger partial charge >= 0.3 is 0 Å². The fourth-order valence-corrected chi connectivity index (χ4v) is 1.62. The smallest absolute Gasteiger partial charge is 0.251 e. The molecule has 0 bridgehead atoms. The highest BCUT2D eigenvalue weighted by molar-refractivity contribution is 5.59. The molecule has 5 nitrogen and oxygen atoms in total. The van der Waals surface area contributed by atoms with Gasteiger partial charge in [-0.05, 0) is 24.3 Å². The van der Waals surface area contributed by atoms with Crippen molar-refractivity contribution >= 4 is 0 Å². The van der Waals surface area contributed by atoms with Crippen molar-refractivity contribution in [2.75, 3.05) is 14.2 Å². The zero-order valence-electron chi connectivity index (χ0n) is 10.3. The molecule has 1 heterocycles. The molecule has 94 valence electrons. The molecule has 0 spiro atoms. The lowest BCUT2D eigenvalue weighted by Crippen LogP contribution is -2.11. The standard InChI is InChI=1S/C13H14N2O3/c1-17-8-12-14-11(7-13(16)15-12)9-3-5-10(18-2)6-4-9/h3-7H,8H2,1-2H3,(H,14,15,16). The van der Waals surface area contributed by atoms with Gasteiger partial charge in [0.25, 0.3) is 5.56 Å². The first-order valence-corrected chi connectivity index (χ1v) is 5.46. The third kappa shape index (κ3) is 2.75. The van der Waals surface area contributed by atoms with Crippen LogP contribution in [0.4, 0.5) is 0 Å². The summed E-state index contributed by atoms with van der Waals surface area (Å²) in [5, 5.41) is 0. The summed E-state index contributed by atoms with van der Waals surface area (Å²) in [6.07, 6.45) is 0. The van der Waals surface area contributed by atoms with Gasteiger partial charge in [-0.15, -0.1) is 0 Å². The van der Waals surface area contributed by atoms with Gasteiger partial charge in [0.1, 0.15) is 18.2 Å². The van der Waals surface area contributed by atoms with E-state index in [1.165, 1.54) is 6.07 Å². The van der Waals surface area contributed by atoms with Gasteiger partial charge in [0.05, 0.1) is 12.8 Å². The molecule has 0 saturated heterocycles. The number of rotatable bonds is 4. The van der Waals surface area contributed by atoms with E-state index in [9.17, 15) is 4.79 Å². The Labute approximate surface area is 104 Å². The lowest BCUT2D eigenvalue weighted by atomic mass is 10.1. The van der Waals surface area contributed by atoms with Crippen molar-refractivity contribution in [3.63, 3.8) is 0 Å². The minimum atomic E-state index is -0.192. The zero-order chi connectivity index (χ0) is 13.0. The molecule has 2 rings (SSSR count). The molecule has 0 fully saturated rings. The molecule has 0 amide bonds. The zero-order valence-corrected chi connectivity index (χ0v) is 10.3. The van der Waals surface area contributed by atoms with Crippen molar-refractivity contribution in [3.05, 3.63) is 46.5 Å². The van der Waals surface area contributed by atoms with E-state index in [0.717, 1.165) is 11.3 Å². The molecule has 1 N–H and O–H groups in total. The molecule has 2 aromatic rings. The highest BCUT2D eigenvalue weighted by Gasteiger charge is 2.04. The number of ether oxygens (including phenoxy) is 2. The van der Waals surface area contributed by atoms with Gasteiger partial charge in [0.15, 0.2) is 0 Å². The summed E-state index contributed by atoms with van der Waals surface area (Å²) in [5.41, 5.74) is 1.29. The van der Waals surface area contributed by atoms with Crippen molar-refractivity contribution in [1.29, 1.82) is 0 Å². The van der Waals surface area contributed by atoms with Crippen LogP contribution in [-0.2, 0) is 11.3 Å². The summed E-state index contributed by atoms with van der Waals surface area (Å²) in [7, 11) is 3.16. The van der Waals surface area contributed by atoms with E-state index < -0.39 is 0 Å². The summed E-state index contributed by atoms with van der Waals surface area (Å²) in [5.74, 6) is 1.27. The number of aromatic nitrogens is 2. The molecular weight excluding hydrogens is 232 g/mol. The van der Waals surface area contributed by atoms with Crippen LogP contribution in [0.5, 0.6) is 5.75 Å². The van der Waals surface area contributed by atoms with Crippen molar-refractivity contribution in [2.24, 2.45) is 0 Å². The van der Waals surface area contributed by atoms with Crippen LogP contribution in [0.25, 0.3) is 11.3 Å². The third-order valence-corrected chi connectivity index (χ3v) is 2.46. The Morgan fingerprint density at radius 3 is 2.56 bits per heavy atom. The predicted octanol–water partition coefficient (Wildman–Crippen LogP) is 1.59. The van der Waals surface area contributed by atoms with Crippen LogP contribution in [-0.4, -0.2) is 24.2 Å². The predicted molar refractivity (Wildman–Crippen MR) is 67.6 cm³/mol. The fraction of sp³-hybridized carbons (Fsp3) is 0.231. The third-order valence-electron chi connectivity index (χ3n) is 2.46. The van der Waals surface area contributed by atoms with Gasteiger partial charge in [0.2, 0.25) is 0 Å². The maximum Gasteiger partial charge on any atom is 0.251 e. The molecule has 0 unspecified atom stereocenters. The van der Waals surface area contributed by atoms with Gasteiger partial charge in [-0.3, -0.25) is 4.79 Å². The minimum Gasteiger partial charge on any atom is -0.497 e. The SMILES string of the molecule is COCc1nc(-c2ccc(OC)cc2)cc(=O)[nH]1. The Morgan fingerprint density at radius 1 is 1.22 bits per heavy atom. The molecule has 0 aliphatic heterocycles. The molecule has 0 saturated carbocycles. The summed E-state index contributed by atoms with van der Waals surface area (Å²) in [6, 6.07) is 8.83. The van der Waals surface area contributed by atoms with E-state index >= 15 is 0 Å². The van der Waals surface area contributed by atoms with Gasteiger partial charge in [-0.25, -0.2) is 4.98 Å². The van der Waals surface area contributed by atoms with Crippen LogP contribution >= 0.6 is 0 Å². The largest absolute Gasteiger partial charge is 0.497 e. The first-order chi connectivity index (χ1) is 8.72. The molecule has 0 aliphatic rings. The average Bonchev–Trinajstić information content (AvgIpc) is 2.38. The number of nitrogens with one attached hydrogen (secondary N) is 1. The van der Waals surface area contributed by atoms with Gasteiger partial charge in [-0.1, -0.05) is 0 Å². The Bertz CT molecular complexity index is 576. The summed E-state index contributed by atoms with van der Waals surface area (Å²) < 4.78 is 10.0. The van der Waals surface area contributed by atoms with E-state index in [0.29, 0.717) is 11.5 Å². The number of nitrogens with zero attached hydrogens (tertiary/aromatic N) is 1. The minimum absolute atomic E-state index is 0.192. The molecule has 0 radical (unpaired) electrons. The topological polar surface area (TPSA) is 64.2 Å². The van der Waals surface area contributed by atoms with E-state index in [-0.39, 0.29) is 12.2 Å². The van der Waals surface area contributed by atoms with Crippen molar-refractivity contribution in [3.8, 4) is 17.0 Å². The second-order valence-electron chi connectivity index (χ2n) is 3.74. The highest BCUT2D eigenvalue weighted by Crippen LogP contribution is 2.19. The Morgan fingerprint density at radius 2 is 1.94 bits per heavy atom. The average molecular weight is 246 g/mol. The molecule has 1 aromatic carbocycles. The molecule has 5 heteroatoms. The Hall–Kier alpha value is -2.14. The quantitative estimate of drug-likeness (QED) is 0.889. The van der Waals surface area contributed by atoms with Crippen molar-refractivity contribution < 1.29 is 9.47 Å². The molecule has 1 aromatic heterocycles. The van der Waals surface area contributed by atoms with Crippen LogP contribution in [0.2, 0.25) is 0 Å². The normalized spacial score (nSPS) is 10.3. The fourth-order valence-electron chi connectivity index (χ4n) is 1.62. The van der Waals surface area contributed by atoms with E-state index in [2.05, 4.69) is 9.97 Å². The molecule has 0 atom stereocenters. The number of aromatic amines is 1. The lowest BCUT2D eigenvalue weighted by molar-refractivity contribution is 0.177. The van der Waals surface area contributed by atoms with Crippen LogP contribution < -0.4 is 10.3 Å².